The Morgan fingerprint density at radius 2 is 2.11 bits per heavy atom. The molecule has 18 heavy (non-hydrogen) atoms. The fourth-order valence-corrected chi connectivity index (χ4v) is 2.50. The number of hydrogen-bond donors (Lipinski definition) is 1. The predicted molar refractivity (Wildman–Crippen MR) is 74.2 cm³/mol. The van der Waals surface area contributed by atoms with Gasteiger partial charge in [0.25, 0.3) is 0 Å². The summed E-state index contributed by atoms with van der Waals surface area (Å²) in [7, 11) is 1.91. The van der Waals surface area contributed by atoms with Gasteiger partial charge in [-0.15, -0.1) is 0 Å². The summed E-state index contributed by atoms with van der Waals surface area (Å²) < 4.78 is 5.73. The zero-order valence-corrected chi connectivity index (χ0v) is 11.9. The van der Waals surface area contributed by atoms with Crippen LogP contribution in [-0.2, 0) is 11.3 Å². The van der Waals surface area contributed by atoms with E-state index in [0.29, 0.717) is 5.02 Å². The number of nitrogens with one attached hydrogen (secondary N) is 1. The van der Waals surface area contributed by atoms with E-state index in [1.165, 1.54) is 0 Å². The van der Waals surface area contributed by atoms with Gasteiger partial charge in [-0.3, -0.25) is 0 Å². The van der Waals surface area contributed by atoms with Crippen molar-refractivity contribution in [3.05, 3.63) is 22.8 Å². The fraction of sp³-hybridized carbons (Fsp3) is 0.615. The lowest BCUT2D eigenvalue weighted by molar-refractivity contribution is -0.00546. The first-order chi connectivity index (χ1) is 8.60. The predicted octanol–water partition coefficient (Wildman–Crippen LogP) is 2.07. The molecule has 5 heteroatoms. The molecule has 0 amide bonds. The number of pyridine rings is 1. The lowest BCUT2D eigenvalue weighted by Gasteiger charge is -2.36. The number of anilines is 1. The highest BCUT2D eigenvalue weighted by Crippen LogP contribution is 2.23. The number of rotatable bonds is 3. The number of aromatic nitrogens is 1. The summed E-state index contributed by atoms with van der Waals surface area (Å²) in [6.07, 6.45) is 2.20. The molecule has 2 rings (SSSR count). The van der Waals surface area contributed by atoms with Gasteiger partial charge in [0, 0.05) is 25.8 Å². The van der Waals surface area contributed by atoms with Crippen LogP contribution in [0, 0.1) is 0 Å². The van der Waals surface area contributed by atoms with E-state index < -0.39 is 0 Å². The summed E-state index contributed by atoms with van der Waals surface area (Å²) >= 11 is 6.13. The van der Waals surface area contributed by atoms with Gasteiger partial charge in [-0.2, -0.15) is 0 Å². The van der Waals surface area contributed by atoms with E-state index in [2.05, 4.69) is 35.1 Å². The molecular formula is C13H20ClN3O. The van der Waals surface area contributed by atoms with Crippen molar-refractivity contribution < 1.29 is 4.74 Å². The van der Waals surface area contributed by atoms with Crippen LogP contribution in [0.3, 0.4) is 0 Å². The van der Waals surface area contributed by atoms with Crippen LogP contribution in [0.4, 0.5) is 5.82 Å². The Balaban J connectivity index is 2.19. The number of morpholine rings is 1. The van der Waals surface area contributed by atoms with Crippen molar-refractivity contribution in [3.63, 3.8) is 0 Å². The molecule has 0 bridgehead atoms. The van der Waals surface area contributed by atoms with E-state index in [1.54, 1.807) is 6.20 Å². The van der Waals surface area contributed by atoms with Gasteiger partial charge >= 0.3 is 0 Å². The van der Waals surface area contributed by atoms with E-state index in [9.17, 15) is 0 Å². The van der Waals surface area contributed by atoms with Crippen LogP contribution in [0.1, 0.15) is 19.4 Å². The van der Waals surface area contributed by atoms with E-state index in [-0.39, 0.29) is 12.2 Å². The molecule has 2 atom stereocenters. The third-order valence-corrected chi connectivity index (χ3v) is 3.37. The summed E-state index contributed by atoms with van der Waals surface area (Å²) in [6, 6.07) is 2.06. The van der Waals surface area contributed by atoms with Crippen molar-refractivity contribution in [2.75, 3.05) is 25.0 Å². The van der Waals surface area contributed by atoms with Crippen LogP contribution in [0.5, 0.6) is 0 Å². The Labute approximate surface area is 113 Å². The Morgan fingerprint density at radius 1 is 1.44 bits per heavy atom. The van der Waals surface area contributed by atoms with Crippen molar-refractivity contribution in [2.45, 2.75) is 32.6 Å². The SMILES string of the molecule is CNCc1cc(N2CC(C)OC(C)C2)ncc1Cl. The molecule has 1 saturated heterocycles. The normalized spacial score (nSPS) is 24.3. The highest BCUT2D eigenvalue weighted by Gasteiger charge is 2.23. The van der Waals surface area contributed by atoms with Crippen molar-refractivity contribution in [2.24, 2.45) is 0 Å². The maximum absolute atomic E-state index is 6.13. The van der Waals surface area contributed by atoms with Crippen LogP contribution >= 0.6 is 11.6 Å². The van der Waals surface area contributed by atoms with Crippen LogP contribution in [0.2, 0.25) is 5.02 Å². The molecule has 1 aliphatic rings. The van der Waals surface area contributed by atoms with E-state index in [1.807, 2.05) is 7.05 Å². The van der Waals surface area contributed by atoms with E-state index >= 15 is 0 Å². The maximum Gasteiger partial charge on any atom is 0.129 e. The average molecular weight is 270 g/mol. The molecule has 2 unspecified atom stereocenters. The molecular weight excluding hydrogens is 250 g/mol. The second-order valence-electron chi connectivity index (χ2n) is 4.83. The smallest absolute Gasteiger partial charge is 0.129 e. The van der Waals surface area contributed by atoms with Crippen LogP contribution in [0.15, 0.2) is 12.3 Å². The monoisotopic (exact) mass is 269 g/mol. The minimum absolute atomic E-state index is 0.235. The molecule has 1 aliphatic heterocycles. The Bertz CT molecular complexity index is 403. The minimum Gasteiger partial charge on any atom is -0.372 e. The molecule has 0 aromatic carbocycles. The Hall–Kier alpha value is -0.840. The minimum atomic E-state index is 0.235. The van der Waals surface area contributed by atoms with Crippen molar-refractivity contribution in [3.8, 4) is 0 Å². The van der Waals surface area contributed by atoms with Gasteiger partial charge < -0.3 is 15.0 Å². The molecule has 2 heterocycles. The molecule has 1 N–H and O–H groups in total. The third-order valence-electron chi connectivity index (χ3n) is 3.03. The quantitative estimate of drug-likeness (QED) is 0.912. The second kappa shape index (κ2) is 5.87. The van der Waals surface area contributed by atoms with Gasteiger partial charge in [0.1, 0.15) is 5.82 Å². The highest BCUT2D eigenvalue weighted by molar-refractivity contribution is 6.31. The summed E-state index contributed by atoms with van der Waals surface area (Å²) in [4.78, 5) is 6.68. The lowest BCUT2D eigenvalue weighted by Crippen LogP contribution is -2.45. The van der Waals surface area contributed by atoms with Crippen LogP contribution < -0.4 is 10.2 Å². The maximum atomic E-state index is 6.13. The first-order valence-corrected chi connectivity index (χ1v) is 6.67. The first-order valence-electron chi connectivity index (χ1n) is 6.29. The van der Waals surface area contributed by atoms with E-state index in [0.717, 1.165) is 31.0 Å². The molecule has 0 saturated carbocycles. The fourth-order valence-electron chi connectivity index (χ4n) is 2.33. The lowest BCUT2D eigenvalue weighted by atomic mass is 10.2. The summed E-state index contributed by atoms with van der Waals surface area (Å²) in [5.74, 6) is 0.978. The van der Waals surface area contributed by atoms with E-state index in [4.69, 9.17) is 16.3 Å². The number of halogens is 1. The molecule has 0 radical (unpaired) electrons. The van der Waals surface area contributed by atoms with Crippen molar-refractivity contribution >= 4 is 17.4 Å². The molecule has 1 fully saturated rings. The summed E-state index contributed by atoms with van der Waals surface area (Å²) in [5.41, 5.74) is 1.08. The topological polar surface area (TPSA) is 37.4 Å². The van der Waals surface area contributed by atoms with Crippen molar-refractivity contribution in [1.29, 1.82) is 0 Å². The first kappa shape index (κ1) is 13.6. The number of hydrogen-bond acceptors (Lipinski definition) is 4. The molecule has 1 aromatic rings. The van der Waals surface area contributed by atoms with Gasteiger partial charge in [0.2, 0.25) is 0 Å². The van der Waals surface area contributed by atoms with Crippen molar-refractivity contribution in [1.82, 2.24) is 10.3 Å². The molecule has 4 nitrogen and oxygen atoms in total. The average Bonchev–Trinajstić information content (AvgIpc) is 2.31. The van der Waals surface area contributed by atoms with Gasteiger partial charge in [-0.1, -0.05) is 11.6 Å². The Kier molecular flexibility index (Phi) is 4.43. The van der Waals surface area contributed by atoms with Gasteiger partial charge in [0.15, 0.2) is 0 Å². The Morgan fingerprint density at radius 3 is 2.72 bits per heavy atom. The largest absolute Gasteiger partial charge is 0.372 e. The zero-order valence-electron chi connectivity index (χ0n) is 11.1. The number of nitrogens with zero attached hydrogens (tertiary/aromatic N) is 2. The molecule has 100 valence electrons. The zero-order chi connectivity index (χ0) is 13.1. The van der Waals surface area contributed by atoms with Gasteiger partial charge in [-0.05, 0) is 32.5 Å². The van der Waals surface area contributed by atoms with Gasteiger partial charge in [0.05, 0.1) is 17.2 Å². The second-order valence-corrected chi connectivity index (χ2v) is 5.23. The van der Waals surface area contributed by atoms with Crippen LogP contribution in [-0.4, -0.2) is 37.3 Å². The molecule has 0 aliphatic carbocycles. The highest BCUT2D eigenvalue weighted by atomic mass is 35.5. The number of ether oxygens (including phenoxy) is 1. The van der Waals surface area contributed by atoms with Crippen LogP contribution in [0.25, 0.3) is 0 Å². The van der Waals surface area contributed by atoms with Gasteiger partial charge in [-0.25, -0.2) is 4.98 Å². The summed E-state index contributed by atoms with van der Waals surface area (Å²) in [5, 5.41) is 3.83. The third kappa shape index (κ3) is 3.13. The summed E-state index contributed by atoms with van der Waals surface area (Å²) in [6.45, 7) is 6.68. The molecule has 1 aromatic heterocycles. The molecule has 0 spiro atoms. The standard InChI is InChI=1S/C13H20ClN3O/c1-9-7-17(8-10(2)18-9)13-4-11(5-15-3)12(14)6-16-13/h4,6,9-10,15H,5,7-8H2,1-3H3.